The van der Waals surface area contributed by atoms with Gasteiger partial charge in [0.2, 0.25) is 11.8 Å². The summed E-state index contributed by atoms with van der Waals surface area (Å²) in [5.74, 6) is -0.287. The number of amides is 2. The fourth-order valence-corrected chi connectivity index (χ4v) is 4.50. The number of aliphatic imine (C=N–C) groups is 1. The molecule has 0 aromatic heterocycles. The second-order valence-corrected chi connectivity index (χ2v) is 8.72. The minimum Gasteiger partial charge on any atom is -0.326 e. The van der Waals surface area contributed by atoms with Crippen LogP contribution in [0.2, 0.25) is 0 Å². The van der Waals surface area contributed by atoms with Crippen LogP contribution >= 0.6 is 11.8 Å². The fraction of sp³-hybridized carbons (Fsp3) is 0.292. The normalized spacial score (nSPS) is 17.5. The fourth-order valence-electron chi connectivity index (χ4n) is 3.34. The number of thioether (sulfide) groups is 1. The first-order valence-electron chi connectivity index (χ1n) is 9.91. The van der Waals surface area contributed by atoms with Crippen molar-refractivity contribution in [1.82, 2.24) is 4.90 Å². The highest BCUT2D eigenvalue weighted by atomic mass is 32.2. The molecule has 1 fully saturated rings. The van der Waals surface area contributed by atoms with Crippen LogP contribution in [0.4, 0.5) is 11.4 Å². The molecule has 2 amide bonds. The summed E-state index contributed by atoms with van der Waals surface area (Å²) in [4.78, 5) is 32.0. The van der Waals surface area contributed by atoms with Gasteiger partial charge < -0.3 is 5.32 Å². The van der Waals surface area contributed by atoms with E-state index < -0.39 is 5.25 Å². The molecule has 30 heavy (non-hydrogen) atoms. The number of nitrogens with one attached hydrogen (secondary N) is 1. The molecule has 0 bridgehead atoms. The summed E-state index contributed by atoms with van der Waals surface area (Å²) in [5, 5.41) is 3.08. The number of aryl methyl sites for hydroxylation is 4. The lowest BCUT2D eigenvalue weighted by molar-refractivity contribution is -0.127. The second-order valence-electron chi connectivity index (χ2n) is 7.55. The van der Waals surface area contributed by atoms with Crippen molar-refractivity contribution in [3.8, 4) is 0 Å². The Balaban J connectivity index is 1.80. The van der Waals surface area contributed by atoms with Crippen molar-refractivity contribution < 1.29 is 9.59 Å². The zero-order chi connectivity index (χ0) is 21.8. The zero-order valence-electron chi connectivity index (χ0n) is 17.9. The Bertz CT molecular complexity index is 1010. The summed E-state index contributed by atoms with van der Waals surface area (Å²) in [7, 11) is 0. The van der Waals surface area contributed by atoms with Gasteiger partial charge in [-0.3, -0.25) is 14.5 Å². The van der Waals surface area contributed by atoms with Crippen molar-refractivity contribution >= 4 is 40.1 Å². The molecule has 0 saturated carbocycles. The third kappa shape index (κ3) is 4.82. The maximum absolute atomic E-state index is 13.0. The van der Waals surface area contributed by atoms with Gasteiger partial charge in [-0.25, -0.2) is 4.99 Å². The van der Waals surface area contributed by atoms with Gasteiger partial charge >= 0.3 is 0 Å². The molecular weight excluding hydrogens is 394 g/mol. The second kappa shape index (κ2) is 9.30. The average molecular weight is 422 g/mol. The number of nitrogens with zero attached hydrogens (tertiary/aromatic N) is 2. The van der Waals surface area contributed by atoms with Gasteiger partial charge in [-0.1, -0.05) is 48.2 Å². The summed E-state index contributed by atoms with van der Waals surface area (Å²) in [6.07, 6.45) is 1.77. The number of hydrogen-bond donors (Lipinski definition) is 1. The minimum absolute atomic E-state index is 0.0940. The van der Waals surface area contributed by atoms with Gasteiger partial charge in [-0.05, 0) is 56.0 Å². The zero-order valence-corrected chi connectivity index (χ0v) is 18.7. The van der Waals surface area contributed by atoms with E-state index in [1.807, 2.05) is 64.1 Å². The predicted octanol–water partition coefficient (Wildman–Crippen LogP) is 5.07. The van der Waals surface area contributed by atoms with Crippen LogP contribution in [-0.2, 0) is 9.59 Å². The van der Waals surface area contributed by atoms with Crippen molar-refractivity contribution in [2.75, 3.05) is 11.9 Å². The third-order valence-electron chi connectivity index (χ3n) is 5.03. The molecule has 1 aliphatic heterocycles. The Labute approximate surface area is 182 Å². The number of carbonyl (C=O) groups excluding carboxylic acids is 2. The molecule has 1 aliphatic rings. The molecule has 1 heterocycles. The summed E-state index contributed by atoms with van der Waals surface area (Å²) in [6.45, 7) is 12.0. The van der Waals surface area contributed by atoms with Crippen LogP contribution in [0.25, 0.3) is 0 Å². The van der Waals surface area contributed by atoms with Crippen LogP contribution in [0, 0.1) is 27.7 Å². The molecule has 6 heteroatoms. The number of anilines is 1. The van der Waals surface area contributed by atoms with Crippen molar-refractivity contribution in [2.24, 2.45) is 4.99 Å². The SMILES string of the molecule is C=CCN1C(=O)[C@H](CC(=O)Nc2c(C)cccc2C)SC1=Nc1cc(C)ccc1C. The maximum atomic E-state index is 13.0. The molecule has 2 aromatic rings. The summed E-state index contributed by atoms with van der Waals surface area (Å²) in [5.41, 5.74) is 5.79. The molecule has 5 nitrogen and oxygen atoms in total. The molecule has 0 unspecified atom stereocenters. The van der Waals surface area contributed by atoms with E-state index >= 15 is 0 Å². The van der Waals surface area contributed by atoms with Crippen LogP contribution in [0.5, 0.6) is 0 Å². The lowest BCUT2D eigenvalue weighted by atomic mass is 10.1. The number of para-hydroxylation sites is 1. The van der Waals surface area contributed by atoms with Crippen LogP contribution in [-0.4, -0.2) is 33.7 Å². The van der Waals surface area contributed by atoms with E-state index in [1.54, 1.807) is 11.0 Å². The van der Waals surface area contributed by atoms with Gasteiger partial charge in [-0.2, -0.15) is 0 Å². The van der Waals surface area contributed by atoms with Gasteiger partial charge in [0.15, 0.2) is 5.17 Å². The van der Waals surface area contributed by atoms with Crippen LogP contribution < -0.4 is 5.32 Å². The minimum atomic E-state index is -0.502. The molecule has 2 aromatic carbocycles. The number of amidine groups is 1. The standard InChI is InChI=1S/C24H27N3O2S/c1-6-12-27-23(29)20(14-21(28)26-22-17(4)8-7-9-18(22)5)30-24(27)25-19-13-15(2)10-11-16(19)3/h6-11,13,20H,1,12,14H2,2-5H3,(H,26,28)/t20-/m0/s1. The first kappa shape index (κ1) is 21.8. The monoisotopic (exact) mass is 421 g/mol. The predicted molar refractivity (Wildman–Crippen MR) is 125 cm³/mol. The lowest BCUT2D eigenvalue weighted by Crippen LogP contribution is -2.33. The van der Waals surface area contributed by atoms with E-state index in [9.17, 15) is 9.59 Å². The average Bonchev–Trinajstić information content (AvgIpc) is 2.97. The van der Waals surface area contributed by atoms with Crippen molar-refractivity contribution in [3.63, 3.8) is 0 Å². The molecule has 1 saturated heterocycles. The Morgan fingerprint density at radius 2 is 1.87 bits per heavy atom. The molecule has 3 rings (SSSR count). The highest BCUT2D eigenvalue weighted by molar-refractivity contribution is 8.15. The molecule has 1 atom stereocenters. The summed E-state index contributed by atoms with van der Waals surface area (Å²) in [6, 6.07) is 11.9. The van der Waals surface area contributed by atoms with E-state index in [2.05, 4.69) is 11.9 Å². The van der Waals surface area contributed by atoms with E-state index in [0.717, 1.165) is 33.6 Å². The van der Waals surface area contributed by atoms with E-state index in [4.69, 9.17) is 4.99 Å². The Morgan fingerprint density at radius 3 is 2.53 bits per heavy atom. The van der Waals surface area contributed by atoms with Gasteiger partial charge in [0, 0.05) is 18.7 Å². The largest absolute Gasteiger partial charge is 0.326 e. The molecule has 0 radical (unpaired) electrons. The molecule has 156 valence electrons. The Kier molecular flexibility index (Phi) is 6.77. The van der Waals surface area contributed by atoms with Crippen molar-refractivity contribution in [1.29, 1.82) is 0 Å². The Hall–Kier alpha value is -2.86. The smallest absolute Gasteiger partial charge is 0.242 e. The topological polar surface area (TPSA) is 61.8 Å². The summed E-state index contributed by atoms with van der Waals surface area (Å²) >= 11 is 1.34. The highest BCUT2D eigenvalue weighted by Crippen LogP contribution is 2.33. The van der Waals surface area contributed by atoms with Crippen molar-refractivity contribution in [2.45, 2.75) is 39.4 Å². The first-order valence-corrected chi connectivity index (χ1v) is 10.8. The van der Waals surface area contributed by atoms with Gasteiger partial charge in [0.25, 0.3) is 0 Å². The van der Waals surface area contributed by atoms with Crippen LogP contribution in [0.1, 0.15) is 28.7 Å². The van der Waals surface area contributed by atoms with Gasteiger partial charge in [-0.15, -0.1) is 6.58 Å². The van der Waals surface area contributed by atoms with E-state index in [0.29, 0.717) is 11.7 Å². The van der Waals surface area contributed by atoms with Gasteiger partial charge in [0.1, 0.15) is 5.25 Å². The lowest BCUT2D eigenvalue weighted by Gasteiger charge is -2.15. The number of rotatable bonds is 6. The number of hydrogen-bond acceptors (Lipinski definition) is 4. The molecule has 1 N–H and O–H groups in total. The summed E-state index contributed by atoms with van der Waals surface area (Å²) < 4.78 is 0. The van der Waals surface area contributed by atoms with Crippen molar-refractivity contribution in [3.05, 3.63) is 71.3 Å². The first-order chi connectivity index (χ1) is 14.3. The molecule has 0 aliphatic carbocycles. The highest BCUT2D eigenvalue weighted by Gasteiger charge is 2.38. The maximum Gasteiger partial charge on any atom is 0.242 e. The van der Waals surface area contributed by atoms with Crippen LogP contribution in [0.15, 0.2) is 54.0 Å². The van der Waals surface area contributed by atoms with E-state index in [-0.39, 0.29) is 18.2 Å². The Morgan fingerprint density at radius 1 is 1.17 bits per heavy atom. The molecule has 0 spiro atoms. The van der Waals surface area contributed by atoms with Crippen LogP contribution in [0.3, 0.4) is 0 Å². The quantitative estimate of drug-likeness (QED) is 0.663. The number of benzene rings is 2. The number of carbonyl (C=O) groups is 2. The molecular formula is C24H27N3O2S. The van der Waals surface area contributed by atoms with E-state index in [1.165, 1.54) is 11.8 Å². The van der Waals surface area contributed by atoms with Gasteiger partial charge in [0.05, 0.1) is 5.69 Å². The third-order valence-corrected chi connectivity index (χ3v) is 6.20.